The van der Waals surface area contributed by atoms with Crippen LogP contribution >= 0.6 is 0 Å². The normalized spacial score (nSPS) is 15.8. The minimum absolute atomic E-state index is 0.417. The summed E-state index contributed by atoms with van der Waals surface area (Å²) < 4.78 is 40.6. The first kappa shape index (κ1) is 15.2. The van der Waals surface area contributed by atoms with Gasteiger partial charge in [0, 0.05) is 0 Å². The molecular formula is C9H16F3NO3. The van der Waals surface area contributed by atoms with Gasteiger partial charge in [-0.25, -0.2) is 0 Å². The zero-order chi connectivity index (χ0) is 12.8. The van der Waals surface area contributed by atoms with Gasteiger partial charge in [0.05, 0.1) is 6.61 Å². The first-order chi connectivity index (χ1) is 7.29. The van der Waals surface area contributed by atoms with Crippen molar-refractivity contribution in [3.05, 3.63) is 0 Å². The fourth-order valence-corrected chi connectivity index (χ4v) is 0.871. The number of hydrogen-bond donors (Lipinski definition) is 2. The number of aliphatic carboxylic acids is 1. The number of halogens is 3. The maximum absolute atomic E-state index is 12.1. The molecule has 0 aromatic rings. The van der Waals surface area contributed by atoms with Gasteiger partial charge in [-0.3, -0.25) is 4.79 Å². The SMILES string of the molecule is CCCNC(COC(C)C(F)(F)F)C(=O)O. The van der Waals surface area contributed by atoms with Crippen LogP contribution in [0.4, 0.5) is 13.2 Å². The maximum atomic E-state index is 12.1. The van der Waals surface area contributed by atoms with Gasteiger partial charge >= 0.3 is 12.1 Å². The number of ether oxygens (including phenoxy) is 1. The van der Waals surface area contributed by atoms with Gasteiger partial charge in [0.25, 0.3) is 0 Å². The molecule has 0 aliphatic rings. The third kappa shape index (κ3) is 5.92. The van der Waals surface area contributed by atoms with E-state index in [4.69, 9.17) is 5.11 Å². The molecular weight excluding hydrogens is 227 g/mol. The first-order valence-corrected chi connectivity index (χ1v) is 4.93. The van der Waals surface area contributed by atoms with Gasteiger partial charge in [-0.1, -0.05) is 6.92 Å². The van der Waals surface area contributed by atoms with Crippen LogP contribution in [0.15, 0.2) is 0 Å². The average molecular weight is 243 g/mol. The Morgan fingerprint density at radius 2 is 2.06 bits per heavy atom. The molecule has 0 spiro atoms. The second-order valence-corrected chi connectivity index (χ2v) is 3.36. The predicted octanol–water partition coefficient (Wildman–Crippen LogP) is 1.41. The lowest BCUT2D eigenvalue weighted by atomic mass is 10.3. The highest BCUT2D eigenvalue weighted by Crippen LogP contribution is 2.22. The van der Waals surface area contributed by atoms with Gasteiger partial charge < -0.3 is 15.2 Å². The van der Waals surface area contributed by atoms with Gasteiger partial charge in [0.1, 0.15) is 6.04 Å². The van der Waals surface area contributed by atoms with E-state index in [9.17, 15) is 18.0 Å². The zero-order valence-electron chi connectivity index (χ0n) is 9.17. The minimum Gasteiger partial charge on any atom is -0.480 e. The van der Waals surface area contributed by atoms with Crippen LogP contribution in [0.1, 0.15) is 20.3 Å². The summed E-state index contributed by atoms with van der Waals surface area (Å²) in [4.78, 5) is 10.6. The quantitative estimate of drug-likeness (QED) is 0.709. The van der Waals surface area contributed by atoms with E-state index in [1.54, 1.807) is 0 Å². The molecule has 7 heteroatoms. The van der Waals surface area contributed by atoms with Crippen molar-refractivity contribution in [3.63, 3.8) is 0 Å². The molecule has 0 fully saturated rings. The molecule has 2 atom stereocenters. The molecule has 0 saturated carbocycles. The molecule has 0 saturated heterocycles. The molecule has 0 aromatic heterocycles. The highest BCUT2D eigenvalue weighted by atomic mass is 19.4. The molecule has 0 aromatic carbocycles. The van der Waals surface area contributed by atoms with Crippen LogP contribution in [-0.4, -0.2) is 42.5 Å². The van der Waals surface area contributed by atoms with Crippen LogP contribution in [0, 0.1) is 0 Å². The maximum Gasteiger partial charge on any atom is 0.414 e. The zero-order valence-corrected chi connectivity index (χ0v) is 9.17. The number of alkyl halides is 3. The van der Waals surface area contributed by atoms with Crippen LogP contribution in [-0.2, 0) is 9.53 Å². The summed E-state index contributed by atoms with van der Waals surface area (Å²) in [5.41, 5.74) is 0. The fraction of sp³-hybridized carbons (Fsp3) is 0.889. The van der Waals surface area contributed by atoms with Crippen molar-refractivity contribution in [2.24, 2.45) is 0 Å². The molecule has 2 N–H and O–H groups in total. The number of rotatable bonds is 7. The van der Waals surface area contributed by atoms with E-state index in [2.05, 4.69) is 10.1 Å². The lowest BCUT2D eigenvalue weighted by Gasteiger charge is -2.19. The number of carboxylic acid groups (broad SMARTS) is 1. The first-order valence-electron chi connectivity index (χ1n) is 4.93. The largest absolute Gasteiger partial charge is 0.480 e. The third-order valence-electron chi connectivity index (χ3n) is 1.91. The van der Waals surface area contributed by atoms with Gasteiger partial charge in [-0.2, -0.15) is 13.2 Å². The highest BCUT2D eigenvalue weighted by molar-refractivity contribution is 5.73. The number of carboxylic acids is 1. The van der Waals surface area contributed by atoms with E-state index in [0.29, 0.717) is 13.0 Å². The van der Waals surface area contributed by atoms with Gasteiger partial charge in [-0.05, 0) is 19.9 Å². The van der Waals surface area contributed by atoms with Crippen LogP contribution < -0.4 is 5.32 Å². The summed E-state index contributed by atoms with van der Waals surface area (Å²) in [7, 11) is 0. The van der Waals surface area contributed by atoms with Gasteiger partial charge in [-0.15, -0.1) is 0 Å². The van der Waals surface area contributed by atoms with E-state index < -0.39 is 30.9 Å². The Bertz CT molecular complexity index is 221. The van der Waals surface area contributed by atoms with Crippen molar-refractivity contribution >= 4 is 5.97 Å². The summed E-state index contributed by atoms with van der Waals surface area (Å²) in [6.45, 7) is 2.58. The standard InChI is InChI=1S/C9H16F3NO3/c1-3-4-13-7(8(14)15)5-16-6(2)9(10,11)12/h6-7,13H,3-5H2,1-2H3,(H,14,15). The van der Waals surface area contributed by atoms with Crippen molar-refractivity contribution in [1.82, 2.24) is 5.32 Å². The van der Waals surface area contributed by atoms with E-state index in [-0.39, 0.29) is 0 Å². The molecule has 2 unspecified atom stereocenters. The van der Waals surface area contributed by atoms with E-state index in [0.717, 1.165) is 6.92 Å². The molecule has 0 radical (unpaired) electrons. The van der Waals surface area contributed by atoms with Crippen LogP contribution in [0.25, 0.3) is 0 Å². The van der Waals surface area contributed by atoms with Crippen molar-refractivity contribution in [1.29, 1.82) is 0 Å². The third-order valence-corrected chi connectivity index (χ3v) is 1.91. The second-order valence-electron chi connectivity index (χ2n) is 3.36. The smallest absolute Gasteiger partial charge is 0.414 e. The molecule has 0 heterocycles. The summed E-state index contributed by atoms with van der Waals surface area (Å²) in [6, 6.07) is -1.11. The van der Waals surface area contributed by atoms with Crippen molar-refractivity contribution < 1.29 is 27.8 Å². The van der Waals surface area contributed by atoms with Crippen LogP contribution in [0.5, 0.6) is 0 Å². The predicted molar refractivity (Wildman–Crippen MR) is 51.2 cm³/mol. The van der Waals surface area contributed by atoms with Crippen LogP contribution in [0.2, 0.25) is 0 Å². The molecule has 0 rings (SSSR count). The fourth-order valence-electron chi connectivity index (χ4n) is 0.871. The Morgan fingerprint density at radius 3 is 2.44 bits per heavy atom. The molecule has 0 amide bonds. The number of carbonyl (C=O) groups is 1. The summed E-state index contributed by atoms with van der Waals surface area (Å²) in [6.07, 6.45) is -5.73. The van der Waals surface area contributed by atoms with Crippen LogP contribution in [0.3, 0.4) is 0 Å². The molecule has 0 aliphatic carbocycles. The molecule has 0 aliphatic heterocycles. The van der Waals surface area contributed by atoms with Gasteiger partial charge in [0.15, 0.2) is 6.10 Å². The number of nitrogens with one attached hydrogen (secondary N) is 1. The molecule has 96 valence electrons. The average Bonchev–Trinajstić information content (AvgIpc) is 2.15. The highest BCUT2D eigenvalue weighted by Gasteiger charge is 2.37. The molecule has 4 nitrogen and oxygen atoms in total. The van der Waals surface area contributed by atoms with E-state index in [1.807, 2.05) is 6.92 Å². The Hall–Kier alpha value is -0.820. The topological polar surface area (TPSA) is 58.6 Å². The Morgan fingerprint density at radius 1 is 1.50 bits per heavy atom. The van der Waals surface area contributed by atoms with Crippen molar-refractivity contribution in [3.8, 4) is 0 Å². The van der Waals surface area contributed by atoms with E-state index >= 15 is 0 Å². The van der Waals surface area contributed by atoms with E-state index in [1.165, 1.54) is 0 Å². The Kier molecular flexibility index (Phi) is 6.35. The molecule has 0 bridgehead atoms. The second kappa shape index (κ2) is 6.70. The summed E-state index contributed by atoms with van der Waals surface area (Å²) in [5, 5.41) is 11.3. The van der Waals surface area contributed by atoms with Crippen molar-refractivity contribution in [2.45, 2.75) is 38.6 Å². The summed E-state index contributed by atoms with van der Waals surface area (Å²) in [5.74, 6) is -1.22. The number of hydrogen-bond acceptors (Lipinski definition) is 3. The lowest BCUT2D eigenvalue weighted by molar-refractivity contribution is -0.216. The molecule has 16 heavy (non-hydrogen) atoms. The lowest BCUT2D eigenvalue weighted by Crippen LogP contribution is -2.43. The Labute approximate surface area is 91.8 Å². The Balaban J connectivity index is 4.07. The van der Waals surface area contributed by atoms with Gasteiger partial charge in [0.2, 0.25) is 0 Å². The minimum atomic E-state index is -4.46. The monoisotopic (exact) mass is 243 g/mol. The summed E-state index contributed by atoms with van der Waals surface area (Å²) >= 11 is 0. The van der Waals surface area contributed by atoms with Crippen molar-refractivity contribution in [2.75, 3.05) is 13.2 Å².